The van der Waals surface area contributed by atoms with Crippen molar-refractivity contribution in [2.75, 3.05) is 5.32 Å². The maximum atomic E-state index is 13.5. The van der Waals surface area contributed by atoms with Crippen LogP contribution in [0.15, 0.2) is 42.5 Å². The molecule has 0 saturated carbocycles. The Balaban J connectivity index is 1.82. The van der Waals surface area contributed by atoms with E-state index in [1.165, 1.54) is 18.2 Å². The number of hydrogen-bond acceptors (Lipinski definition) is 4. The van der Waals surface area contributed by atoms with E-state index in [2.05, 4.69) is 10.4 Å². The number of halogens is 1. The molecule has 0 spiro atoms. The molecule has 0 bridgehead atoms. The molecular weight excluding hydrogens is 381 g/mol. The van der Waals surface area contributed by atoms with E-state index in [4.69, 9.17) is 0 Å². The maximum absolute atomic E-state index is 13.5. The van der Waals surface area contributed by atoms with Gasteiger partial charge in [-0.1, -0.05) is 23.8 Å². The third kappa shape index (κ3) is 3.31. The number of amides is 1. The predicted octanol–water partition coefficient (Wildman–Crippen LogP) is 3.31. The molecule has 0 radical (unpaired) electrons. The standard InChI is InChI=1S/C20H18FN3O3S/c1-12-6-7-18(13(2)8-12)24-19(16-10-28(26,27)11-17(16)23-24)22-20(25)14-4-3-5-15(21)9-14/h3-9H,10-11H2,1-2H3,(H,22,25). The molecule has 0 fully saturated rings. The van der Waals surface area contributed by atoms with Gasteiger partial charge in [-0.25, -0.2) is 17.5 Å². The van der Waals surface area contributed by atoms with E-state index in [1.807, 2.05) is 32.0 Å². The minimum absolute atomic E-state index is 0.142. The molecule has 4 rings (SSSR count). The number of aromatic nitrogens is 2. The van der Waals surface area contributed by atoms with Crippen molar-refractivity contribution in [2.45, 2.75) is 25.4 Å². The summed E-state index contributed by atoms with van der Waals surface area (Å²) in [5.74, 6) is -1.10. The second kappa shape index (κ2) is 6.56. The number of rotatable bonds is 3. The van der Waals surface area contributed by atoms with Gasteiger partial charge in [-0.15, -0.1) is 0 Å². The summed E-state index contributed by atoms with van der Waals surface area (Å²) >= 11 is 0. The zero-order valence-corrected chi connectivity index (χ0v) is 16.2. The molecule has 1 N–H and O–H groups in total. The van der Waals surface area contributed by atoms with Crippen molar-refractivity contribution >= 4 is 21.6 Å². The van der Waals surface area contributed by atoms with Crippen LogP contribution in [0.25, 0.3) is 5.69 Å². The first-order valence-corrected chi connectivity index (χ1v) is 10.5. The molecule has 2 aromatic carbocycles. The number of carbonyl (C=O) groups is 1. The van der Waals surface area contributed by atoms with Gasteiger partial charge in [0.15, 0.2) is 9.84 Å². The van der Waals surface area contributed by atoms with Gasteiger partial charge in [-0.2, -0.15) is 5.10 Å². The monoisotopic (exact) mass is 399 g/mol. The number of nitrogens with zero attached hydrogens (tertiary/aromatic N) is 2. The summed E-state index contributed by atoms with van der Waals surface area (Å²) in [4.78, 5) is 12.7. The van der Waals surface area contributed by atoms with Gasteiger partial charge >= 0.3 is 0 Å². The number of aryl methyl sites for hydroxylation is 2. The fourth-order valence-corrected chi connectivity index (χ4v) is 4.89. The number of anilines is 1. The van der Waals surface area contributed by atoms with Gasteiger partial charge in [-0.3, -0.25) is 4.79 Å². The third-order valence-electron chi connectivity index (χ3n) is 4.69. The van der Waals surface area contributed by atoms with Gasteiger partial charge in [0, 0.05) is 11.1 Å². The first-order valence-electron chi connectivity index (χ1n) is 8.69. The van der Waals surface area contributed by atoms with Crippen molar-refractivity contribution in [2.24, 2.45) is 0 Å². The largest absolute Gasteiger partial charge is 0.306 e. The van der Waals surface area contributed by atoms with E-state index >= 15 is 0 Å². The summed E-state index contributed by atoms with van der Waals surface area (Å²) in [5, 5.41) is 7.20. The molecule has 1 amide bonds. The van der Waals surface area contributed by atoms with Crippen molar-refractivity contribution in [1.82, 2.24) is 9.78 Å². The smallest absolute Gasteiger partial charge is 0.256 e. The molecule has 0 atom stereocenters. The molecule has 1 aromatic heterocycles. The minimum Gasteiger partial charge on any atom is -0.306 e. The number of hydrogen-bond donors (Lipinski definition) is 1. The molecule has 144 valence electrons. The van der Waals surface area contributed by atoms with Gasteiger partial charge in [0.25, 0.3) is 5.91 Å². The summed E-state index contributed by atoms with van der Waals surface area (Å²) in [5.41, 5.74) is 3.80. The quantitative estimate of drug-likeness (QED) is 0.733. The number of fused-ring (bicyclic) bond motifs is 1. The third-order valence-corrected chi connectivity index (χ3v) is 6.13. The van der Waals surface area contributed by atoms with Crippen molar-refractivity contribution < 1.29 is 17.6 Å². The zero-order valence-electron chi connectivity index (χ0n) is 15.4. The van der Waals surface area contributed by atoms with Crippen LogP contribution < -0.4 is 5.32 Å². The lowest BCUT2D eigenvalue weighted by Gasteiger charge is -2.13. The van der Waals surface area contributed by atoms with Crippen molar-refractivity contribution in [3.05, 3.63) is 76.2 Å². The molecule has 2 heterocycles. The second-order valence-corrected chi connectivity index (χ2v) is 9.04. The molecule has 1 aliphatic rings. The molecule has 1 aliphatic heterocycles. The van der Waals surface area contributed by atoms with Crippen LogP contribution in [-0.2, 0) is 21.3 Å². The molecule has 6 nitrogen and oxygen atoms in total. The fraction of sp³-hybridized carbons (Fsp3) is 0.200. The summed E-state index contributed by atoms with van der Waals surface area (Å²) in [6.45, 7) is 3.89. The van der Waals surface area contributed by atoms with Crippen LogP contribution in [0, 0.1) is 19.7 Å². The SMILES string of the molecule is Cc1ccc(-n2nc3c(c2NC(=O)c2cccc(F)c2)CS(=O)(=O)C3)c(C)c1. The highest BCUT2D eigenvalue weighted by Crippen LogP contribution is 2.34. The minimum atomic E-state index is -3.29. The van der Waals surface area contributed by atoms with Crippen molar-refractivity contribution in [1.29, 1.82) is 0 Å². The highest BCUT2D eigenvalue weighted by Gasteiger charge is 2.33. The summed E-state index contributed by atoms with van der Waals surface area (Å²) < 4.78 is 39.1. The van der Waals surface area contributed by atoms with E-state index in [1.54, 1.807) is 4.68 Å². The number of sulfone groups is 1. The van der Waals surface area contributed by atoms with Gasteiger partial charge in [0.1, 0.15) is 11.6 Å². The lowest BCUT2D eigenvalue weighted by molar-refractivity contribution is 0.102. The first-order chi connectivity index (χ1) is 13.2. The highest BCUT2D eigenvalue weighted by atomic mass is 32.2. The lowest BCUT2D eigenvalue weighted by Crippen LogP contribution is -2.17. The molecule has 0 saturated heterocycles. The average Bonchev–Trinajstić information content (AvgIpc) is 3.07. The fourth-order valence-electron chi connectivity index (χ4n) is 3.40. The van der Waals surface area contributed by atoms with Gasteiger partial charge < -0.3 is 5.32 Å². The Labute approximate surface area is 161 Å². The van der Waals surface area contributed by atoms with E-state index in [9.17, 15) is 17.6 Å². The maximum Gasteiger partial charge on any atom is 0.256 e. The summed E-state index contributed by atoms with van der Waals surface area (Å²) in [6, 6.07) is 11.1. The second-order valence-electron chi connectivity index (χ2n) is 6.97. The van der Waals surface area contributed by atoms with Crippen LogP contribution in [-0.4, -0.2) is 24.1 Å². The van der Waals surface area contributed by atoms with Crippen molar-refractivity contribution in [3.63, 3.8) is 0 Å². The van der Waals surface area contributed by atoms with E-state index in [0.29, 0.717) is 17.1 Å². The molecular formula is C20H18FN3O3S. The van der Waals surface area contributed by atoms with Crippen LogP contribution in [0.1, 0.15) is 32.7 Å². The van der Waals surface area contributed by atoms with Crippen LogP contribution in [0.3, 0.4) is 0 Å². The summed E-state index contributed by atoms with van der Waals surface area (Å²) in [6.07, 6.45) is 0. The normalized spacial score (nSPS) is 14.7. The Hall–Kier alpha value is -3.00. The number of nitrogens with one attached hydrogen (secondary N) is 1. The summed E-state index contributed by atoms with van der Waals surface area (Å²) in [7, 11) is -3.29. The Morgan fingerprint density at radius 3 is 2.64 bits per heavy atom. The number of carbonyl (C=O) groups excluding carboxylic acids is 1. The van der Waals surface area contributed by atoms with Gasteiger partial charge in [0.2, 0.25) is 0 Å². The van der Waals surface area contributed by atoms with Crippen LogP contribution >= 0.6 is 0 Å². The van der Waals surface area contributed by atoms with Gasteiger partial charge in [-0.05, 0) is 43.7 Å². The Kier molecular flexibility index (Phi) is 4.30. The van der Waals surface area contributed by atoms with E-state index in [0.717, 1.165) is 22.9 Å². The zero-order chi connectivity index (χ0) is 20.1. The van der Waals surface area contributed by atoms with Crippen molar-refractivity contribution in [3.8, 4) is 5.69 Å². The van der Waals surface area contributed by atoms with Crippen LogP contribution in [0.4, 0.5) is 10.2 Å². The predicted molar refractivity (Wildman–Crippen MR) is 104 cm³/mol. The Morgan fingerprint density at radius 2 is 1.93 bits per heavy atom. The Morgan fingerprint density at radius 1 is 1.14 bits per heavy atom. The topological polar surface area (TPSA) is 81.1 Å². The highest BCUT2D eigenvalue weighted by molar-refractivity contribution is 7.90. The Bertz CT molecular complexity index is 1220. The molecule has 3 aromatic rings. The van der Waals surface area contributed by atoms with E-state index < -0.39 is 21.6 Å². The average molecular weight is 399 g/mol. The molecule has 0 aliphatic carbocycles. The molecule has 28 heavy (non-hydrogen) atoms. The molecule has 8 heteroatoms. The van der Waals surface area contributed by atoms with Gasteiger partial charge in [0.05, 0.1) is 22.9 Å². The lowest BCUT2D eigenvalue weighted by atomic mass is 10.1. The first kappa shape index (κ1) is 18.4. The van der Waals surface area contributed by atoms with E-state index in [-0.39, 0.29) is 17.1 Å². The molecule has 0 unspecified atom stereocenters. The number of benzene rings is 2. The van der Waals surface area contributed by atoms with Crippen LogP contribution in [0.2, 0.25) is 0 Å². The van der Waals surface area contributed by atoms with Crippen LogP contribution in [0.5, 0.6) is 0 Å².